The molecule has 0 spiro atoms. The average Bonchev–Trinajstić information content (AvgIpc) is 2.54. The lowest BCUT2D eigenvalue weighted by molar-refractivity contribution is 0.372. The summed E-state index contributed by atoms with van der Waals surface area (Å²) in [5.41, 5.74) is 12.5. The zero-order valence-corrected chi connectivity index (χ0v) is 12.9. The summed E-state index contributed by atoms with van der Waals surface area (Å²) in [6.45, 7) is 0. The minimum Gasteiger partial charge on any atom is -0.422 e. The Balaban J connectivity index is 2.30. The van der Waals surface area contributed by atoms with Gasteiger partial charge in [0, 0.05) is 5.56 Å². The number of hydrogen-bond acceptors (Lipinski definition) is 7. The van der Waals surface area contributed by atoms with E-state index < -0.39 is 11.7 Å². The summed E-state index contributed by atoms with van der Waals surface area (Å²) in [6.07, 6.45) is 1.79. The molecule has 0 saturated heterocycles. The number of benzene rings is 1. The monoisotopic (exact) mass is 329 g/mol. The number of rotatable bonds is 2. The van der Waals surface area contributed by atoms with E-state index in [0.29, 0.717) is 10.7 Å². The Labute approximate surface area is 136 Å². The van der Waals surface area contributed by atoms with Gasteiger partial charge in [0.25, 0.3) is 0 Å². The molecule has 2 heterocycles. The van der Waals surface area contributed by atoms with Crippen LogP contribution in [0.1, 0.15) is 17.0 Å². The Hall–Kier alpha value is -2.79. The summed E-state index contributed by atoms with van der Waals surface area (Å²) >= 11 is 1.29. The molecule has 0 bridgehead atoms. The number of ether oxygens (including phenoxy) is 1. The molecule has 1 aliphatic rings. The van der Waals surface area contributed by atoms with Crippen molar-refractivity contribution in [1.82, 2.24) is 9.97 Å². The molecule has 8 heteroatoms. The average molecular weight is 329 g/mol. The van der Waals surface area contributed by atoms with E-state index in [-0.39, 0.29) is 28.7 Å². The first-order valence-corrected chi connectivity index (χ1v) is 7.82. The number of thioether (sulfide) groups is 1. The van der Waals surface area contributed by atoms with Crippen LogP contribution in [0.5, 0.6) is 5.88 Å². The Morgan fingerprint density at radius 3 is 2.70 bits per heavy atom. The van der Waals surface area contributed by atoms with Crippen molar-refractivity contribution in [1.29, 1.82) is 5.26 Å². The van der Waals surface area contributed by atoms with E-state index in [2.05, 4.69) is 9.97 Å². The summed E-state index contributed by atoms with van der Waals surface area (Å²) < 4.78 is 19.7. The molecular weight excluding hydrogens is 317 g/mol. The van der Waals surface area contributed by atoms with Crippen LogP contribution in [0.25, 0.3) is 0 Å². The maximum absolute atomic E-state index is 14.3. The normalized spacial score (nSPS) is 16.5. The van der Waals surface area contributed by atoms with Gasteiger partial charge in [-0.15, -0.1) is 0 Å². The van der Waals surface area contributed by atoms with Crippen molar-refractivity contribution in [3.8, 4) is 11.9 Å². The van der Waals surface area contributed by atoms with Crippen LogP contribution < -0.4 is 16.2 Å². The summed E-state index contributed by atoms with van der Waals surface area (Å²) in [6, 6.07) is 8.09. The molecule has 0 radical (unpaired) electrons. The first-order valence-electron chi connectivity index (χ1n) is 6.60. The predicted octanol–water partition coefficient (Wildman–Crippen LogP) is 2.14. The highest BCUT2D eigenvalue weighted by Crippen LogP contribution is 2.44. The number of aromatic nitrogens is 2. The molecule has 1 aliphatic heterocycles. The summed E-state index contributed by atoms with van der Waals surface area (Å²) in [5.74, 6) is -1.11. The van der Waals surface area contributed by atoms with Crippen molar-refractivity contribution < 1.29 is 9.13 Å². The molecule has 116 valence electrons. The number of nitriles is 1. The Morgan fingerprint density at radius 1 is 1.30 bits per heavy atom. The fourth-order valence-corrected chi connectivity index (χ4v) is 2.83. The van der Waals surface area contributed by atoms with Gasteiger partial charge in [-0.1, -0.05) is 30.0 Å². The molecule has 0 aliphatic carbocycles. The molecule has 0 amide bonds. The molecule has 1 aromatic heterocycles. The van der Waals surface area contributed by atoms with Crippen LogP contribution in [0.2, 0.25) is 0 Å². The topological polar surface area (TPSA) is 111 Å². The minimum absolute atomic E-state index is 0.0785. The number of nitrogens with two attached hydrogens (primary N) is 2. The van der Waals surface area contributed by atoms with Gasteiger partial charge in [0.2, 0.25) is 11.8 Å². The second kappa shape index (κ2) is 5.78. The van der Waals surface area contributed by atoms with Gasteiger partial charge in [-0.05, 0) is 12.3 Å². The quantitative estimate of drug-likeness (QED) is 0.641. The molecule has 2 aromatic rings. The van der Waals surface area contributed by atoms with E-state index in [1.54, 1.807) is 24.5 Å². The van der Waals surface area contributed by atoms with Crippen molar-refractivity contribution in [2.75, 3.05) is 12.0 Å². The molecule has 1 atom stereocenters. The number of allylic oxidation sites excluding steroid dienone is 1. The van der Waals surface area contributed by atoms with Gasteiger partial charge < -0.3 is 16.2 Å². The third-order valence-electron chi connectivity index (χ3n) is 3.49. The first kappa shape index (κ1) is 15.1. The molecule has 1 aromatic carbocycles. The molecule has 0 saturated carbocycles. The van der Waals surface area contributed by atoms with Crippen LogP contribution in [0, 0.1) is 17.1 Å². The van der Waals surface area contributed by atoms with Crippen molar-refractivity contribution >= 4 is 17.6 Å². The van der Waals surface area contributed by atoms with Gasteiger partial charge in [0.1, 0.15) is 23.3 Å². The Bertz CT molecular complexity index is 861. The lowest BCUT2D eigenvalue weighted by Gasteiger charge is -2.26. The predicted molar refractivity (Wildman–Crippen MR) is 83.9 cm³/mol. The van der Waals surface area contributed by atoms with E-state index in [4.69, 9.17) is 16.2 Å². The van der Waals surface area contributed by atoms with Crippen molar-refractivity contribution in [2.24, 2.45) is 5.73 Å². The highest BCUT2D eigenvalue weighted by Gasteiger charge is 2.35. The van der Waals surface area contributed by atoms with Crippen molar-refractivity contribution in [3.63, 3.8) is 0 Å². The first-order chi connectivity index (χ1) is 11.1. The fraction of sp³-hybridized carbons (Fsp3) is 0.133. The Kier molecular flexibility index (Phi) is 3.80. The van der Waals surface area contributed by atoms with Gasteiger partial charge in [0.15, 0.2) is 5.16 Å². The number of halogens is 1. The van der Waals surface area contributed by atoms with Crippen LogP contribution in [0.4, 0.5) is 10.2 Å². The van der Waals surface area contributed by atoms with Crippen molar-refractivity contribution in [3.05, 3.63) is 52.7 Å². The SMILES string of the molecule is CSc1nc(N)c2c(n1)OC(N)=C(C#N)[C@H]2c1ccccc1F. The number of nitrogens with zero attached hydrogens (tertiary/aromatic N) is 3. The minimum atomic E-state index is -0.805. The van der Waals surface area contributed by atoms with Crippen LogP contribution in [0.3, 0.4) is 0 Å². The molecule has 4 N–H and O–H groups in total. The van der Waals surface area contributed by atoms with E-state index in [1.807, 2.05) is 6.07 Å². The largest absolute Gasteiger partial charge is 0.422 e. The zero-order valence-electron chi connectivity index (χ0n) is 12.1. The van der Waals surface area contributed by atoms with E-state index in [1.165, 1.54) is 17.8 Å². The standard InChI is InChI=1S/C15H12FN5OS/c1-23-15-20-12(18)11-10(7-4-2-3-5-9(7)16)8(6-17)13(19)22-14(11)21-15/h2-5,10H,19H2,1H3,(H2,18,20,21)/t10-/m1/s1. The lowest BCUT2D eigenvalue weighted by atomic mass is 9.84. The van der Waals surface area contributed by atoms with Crippen LogP contribution in [-0.2, 0) is 0 Å². The van der Waals surface area contributed by atoms with Crippen molar-refractivity contribution in [2.45, 2.75) is 11.1 Å². The lowest BCUT2D eigenvalue weighted by Crippen LogP contribution is -2.24. The number of anilines is 1. The number of hydrogen-bond donors (Lipinski definition) is 2. The molecule has 3 rings (SSSR count). The van der Waals surface area contributed by atoms with Gasteiger partial charge in [0.05, 0.1) is 11.5 Å². The summed E-state index contributed by atoms with van der Waals surface area (Å²) in [5, 5.41) is 9.83. The molecule has 0 unspecified atom stereocenters. The molecule has 6 nitrogen and oxygen atoms in total. The van der Waals surface area contributed by atoms with Crippen LogP contribution in [0.15, 0.2) is 40.9 Å². The maximum atomic E-state index is 14.3. The highest BCUT2D eigenvalue weighted by atomic mass is 32.2. The number of fused-ring (bicyclic) bond motifs is 1. The maximum Gasteiger partial charge on any atom is 0.231 e. The van der Waals surface area contributed by atoms with Gasteiger partial charge in [-0.2, -0.15) is 10.2 Å². The smallest absolute Gasteiger partial charge is 0.231 e. The van der Waals surface area contributed by atoms with Crippen LogP contribution in [-0.4, -0.2) is 16.2 Å². The molecule has 23 heavy (non-hydrogen) atoms. The highest BCUT2D eigenvalue weighted by molar-refractivity contribution is 7.98. The van der Waals surface area contributed by atoms with Gasteiger partial charge >= 0.3 is 0 Å². The summed E-state index contributed by atoms with van der Waals surface area (Å²) in [7, 11) is 0. The fourth-order valence-electron chi connectivity index (χ4n) is 2.47. The van der Waals surface area contributed by atoms with E-state index >= 15 is 0 Å². The van der Waals surface area contributed by atoms with Crippen LogP contribution >= 0.6 is 11.8 Å². The summed E-state index contributed by atoms with van der Waals surface area (Å²) in [4.78, 5) is 8.38. The second-order valence-electron chi connectivity index (χ2n) is 4.76. The third kappa shape index (κ3) is 2.45. The Morgan fingerprint density at radius 2 is 2.04 bits per heavy atom. The third-order valence-corrected chi connectivity index (χ3v) is 4.04. The number of nitrogen functional groups attached to an aromatic ring is 1. The molecular formula is C15H12FN5OS. The van der Waals surface area contributed by atoms with Gasteiger partial charge in [-0.3, -0.25) is 0 Å². The zero-order chi connectivity index (χ0) is 16.6. The van der Waals surface area contributed by atoms with Gasteiger partial charge in [-0.25, -0.2) is 9.37 Å². The second-order valence-corrected chi connectivity index (χ2v) is 5.53. The van der Waals surface area contributed by atoms with E-state index in [0.717, 1.165) is 0 Å². The molecule has 0 fully saturated rings. The van der Waals surface area contributed by atoms with E-state index in [9.17, 15) is 9.65 Å².